The molecule has 5 heteroatoms. The molecule has 0 amide bonds. The molecule has 0 spiro atoms. The molecule has 29 heavy (non-hydrogen) atoms. The van der Waals surface area contributed by atoms with E-state index in [2.05, 4.69) is 12.1 Å². The molecule has 0 saturated heterocycles. The molecule has 142 valence electrons. The van der Waals surface area contributed by atoms with Crippen LogP contribution in [0.1, 0.15) is 5.69 Å². The van der Waals surface area contributed by atoms with Crippen molar-refractivity contribution in [1.82, 2.24) is 14.8 Å². The summed E-state index contributed by atoms with van der Waals surface area (Å²) in [6.07, 6.45) is 0. The molecule has 2 N–H and O–H groups in total. The molecular weight excluding hydrogens is 360 g/mol. The molecule has 0 bridgehead atoms. The number of hydrogen-bond acceptors (Lipinski definition) is 4. The molecule has 5 rings (SSSR count). The Kier molecular flexibility index (Phi) is 3.95. The van der Waals surface area contributed by atoms with Crippen LogP contribution in [0.25, 0.3) is 38.8 Å². The molecule has 0 aliphatic heterocycles. The lowest BCUT2D eigenvalue weighted by atomic mass is 9.96. The van der Waals surface area contributed by atoms with Crippen molar-refractivity contribution < 1.29 is 4.74 Å². The van der Waals surface area contributed by atoms with Crippen LogP contribution in [0.15, 0.2) is 72.8 Å². The Morgan fingerprint density at radius 2 is 1.69 bits per heavy atom. The van der Waals surface area contributed by atoms with E-state index in [9.17, 15) is 0 Å². The predicted molar refractivity (Wildman–Crippen MR) is 118 cm³/mol. The van der Waals surface area contributed by atoms with Gasteiger partial charge in [-0.25, -0.2) is 9.67 Å². The molecule has 0 radical (unpaired) electrons. The van der Waals surface area contributed by atoms with Gasteiger partial charge in [-0.2, -0.15) is 5.10 Å². The highest BCUT2D eigenvalue weighted by atomic mass is 16.5. The van der Waals surface area contributed by atoms with Gasteiger partial charge >= 0.3 is 0 Å². The third-order valence-electron chi connectivity index (χ3n) is 5.18. The summed E-state index contributed by atoms with van der Waals surface area (Å²) in [5, 5.41) is 6.86. The minimum atomic E-state index is 0.710. The lowest BCUT2D eigenvalue weighted by molar-refractivity contribution is 0.415. The fraction of sp³-hybridized carbons (Fsp3) is 0.0833. The van der Waals surface area contributed by atoms with Gasteiger partial charge in [0.25, 0.3) is 0 Å². The van der Waals surface area contributed by atoms with E-state index in [1.54, 1.807) is 7.11 Å². The van der Waals surface area contributed by atoms with Crippen molar-refractivity contribution in [3.05, 3.63) is 78.5 Å². The fourth-order valence-corrected chi connectivity index (χ4v) is 3.82. The second-order valence-corrected chi connectivity index (χ2v) is 7.02. The number of hydrogen-bond donors (Lipinski definition) is 1. The van der Waals surface area contributed by atoms with Crippen LogP contribution in [0, 0.1) is 6.92 Å². The molecule has 0 saturated carbocycles. The zero-order valence-corrected chi connectivity index (χ0v) is 16.3. The first-order valence-electron chi connectivity index (χ1n) is 9.44. The number of fused-ring (bicyclic) bond motifs is 2. The first-order chi connectivity index (χ1) is 14.2. The summed E-state index contributed by atoms with van der Waals surface area (Å²) < 4.78 is 7.25. The van der Waals surface area contributed by atoms with E-state index in [0.717, 1.165) is 50.2 Å². The molecule has 0 fully saturated rings. The maximum atomic E-state index is 6.13. The highest BCUT2D eigenvalue weighted by Gasteiger charge is 2.19. The maximum Gasteiger partial charge on any atom is 0.164 e. The van der Waals surface area contributed by atoms with E-state index < -0.39 is 0 Å². The number of aryl methyl sites for hydroxylation is 1. The standard InChI is InChI=1S/C24H20N4O/c1-15-22-23(16-8-11-19(29-2)12-9-16)20-14-17(25)10-13-21(20)26-24(22)28(27-15)18-6-4-3-5-7-18/h3-14H,25H2,1-2H3. The number of aromatic nitrogens is 3. The summed E-state index contributed by atoms with van der Waals surface area (Å²) in [6, 6.07) is 24.0. The van der Waals surface area contributed by atoms with Crippen LogP contribution < -0.4 is 10.5 Å². The van der Waals surface area contributed by atoms with E-state index in [0.29, 0.717) is 5.69 Å². The zero-order valence-electron chi connectivity index (χ0n) is 16.3. The van der Waals surface area contributed by atoms with Gasteiger partial charge in [-0.3, -0.25) is 0 Å². The first-order valence-corrected chi connectivity index (χ1v) is 9.44. The highest BCUT2D eigenvalue weighted by Crippen LogP contribution is 2.38. The molecule has 0 atom stereocenters. The third-order valence-corrected chi connectivity index (χ3v) is 5.18. The zero-order chi connectivity index (χ0) is 20.0. The van der Waals surface area contributed by atoms with Crippen molar-refractivity contribution in [2.45, 2.75) is 6.92 Å². The van der Waals surface area contributed by atoms with Gasteiger partial charge in [0.2, 0.25) is 0 Å². The van der Waals surface area contributed by atoms with Gasteiger partial charge in [-0.15, -0.1) is 0 Å². The smallest absolute Gasteiger partial charge is 0.164 e. The summed E-state index contributed by atoms with van der Waals surface area (Å²) in [7, 11) is 1.67. The van der Waals surface area contributed by atoms with Crippen molar-refractivity contribution in [3.63, 3.8) is 0 Å². The number of rotatable bonds is 3. The van der Waals surface area contributed by atoms with Crippen molar-refractivity contribution in [1.29, 1.82) is 0 Å². The number of pyridine rings is 1. The molecule has 2 heterocycles. The normalized spacial score (nSPS) is 11.2. The minimum Gasteiger partial charge on any atom is -0.497 e. The molecule has 0 unspecified atom stereocenters. The number of nitrogens with two attached hydrogens (primary N) is 1. The number of nitrogens with zero attached hydrogens (tertiary/aromatic N) is 3. The average molecular weight is 380 g/mol. The van der Waals surface area contributed by atoms with Crippen LogP contribution in [0.2, 0.25) is 0 Å². The van der Waals surface area contributed by atoms with E-state index in [1.165, 1.54) is 0 Å². The van der Waals surface area contributed by atoms with Crippen LogP contribution in [0.5, 0.6) is 5.75 Å². The van der Waals surface area contributed by atoms with E-state index in [4.69, 9.17) is 20.6 Å². The van der Waals surface area contributed by atoms with Crippen LogP contribution >= 0.6 is 0 Å². The molecule has 0 aliphatic carbocycles. The molecule has 3 aromatic carbocycles. The number of nitrogen functional groups attached to an aromatic ring is 1. The predicted octanol–water partition coefficient (Wildman–Crippen LogP) is 5.14. The summed E-state index contributed by atoms with van der Waals surface area (Å²) in [5.41, 5.74) is 12.6. The Morgan fingerprint density at radius 3 is 2.41 bits per heavy atom. The van der Waals surface area contributed by atoms with E-state index >= 15 is 0 Å². The lowest BCUT2D eigenvalue weighted by Crippen LogP contribution is -1.98. The Bertz CT molecular complexity index is 1340. The second-order valence-electron chi connectivity index (χ2n) is 7.02. The Balaban J connectivity index is 1.91. The first kappa shape index (κ1) is 17.3. The summed E-state index contributed by atoms with van der Waals surface area (Å²) >= 11 is 0. The molecule has 2 aromatic heterocycles. The van der Waals surface area contributed by atoms with Crippen LogP contribution in [-0.4, -0.2) is 21.9 Å². The number of anilines is 1. The Morgan fingerprint density at radius 1 is 0.931 bits per heavy atom. The lowest BCUT2D eigenvalue weighted by Gasteiger charge is -2.11. The summed E-state index contributed by atoms with van der Waals surface area (Å²) in [5.74, 6) is 0.819. The largest absolute Gasteiger partial charge is 0.497 e. The number of methoxy groups -OCH3 is 1. The minimum absolute atomic E-state index is 0.710. The van der Waals surface area contributed by atoms with Crippen molar-refractivity contribution in [2.24, 2.45) is 0 Å². The van der Waals surface area contributed by atoms with Crippen molar-refractivity contribution in [3.8, 4) is 22.6 Å². The molecule has 5 aromatic rings. The number of ether oxygens (including phenoxy) is 1. The van der Waals surface area contributed by atoms with Gasteiger partial charge < -0.3 is 10.5 Å². The fourth-order valence-electron chi connectivity index (χ4n) is 3.82. The van der Waals surface area contributed by atoms with Crippen molar-refractivity contribution >= 4 is 27.6 Å². The third kappa shape index (κ3) is 2.79. The van der Waals surface area contributed by atoms with Gasteiger partial charge in [0.05, 0.1) is 29.4 Å². The van der Waals surface area contributed by atoms with Crippen LogP contribution in [0.3, 0.4) is 0 Å². The van der Waals surface area contributed by atoms with E-state index in [1.807, 2.05) is 72.3 Å². The number of para-hydroxylation sites is 1. The summed E-state index contributed by atoms with van der Waals surface area (Å²) in [6.45, 7) is 2.02. The highest BCUT2D eigenvalue weighted by molar-refractivity contribution is 6.10. The summed E-state index contributed by atoms with van der Waals surface area (Å²) in [4.78, 5) is 4.96. The Labute approximate surface area is 168 Å². The number of benzene rings is 3. The SMILES string of the molecule is COc1ccc(-c2c3cc(N)ccc3nc3c2c(C)nn3-c2ccccc2)cc1. The Hall–Kier alpha value is -3.86. The van der Waals surface area contributed by atoms with Crippen molar-refractivity contribution in [2.75, 3.05) is 12.8 Å². The average Bonchev–Trinajstić information content (AvgIpc) is 3.09. The molecular formula is C24H20N4O. The topological polar surface area (TPSA) is 66.0 Å². The van der Waals surface area contributed by atoms with Crippen LogP contribution in [0.4, 0.5) is 5.69 Å². The maximum absolute atomic E-state index is 6.13. The molecule has 5 nitrogen and oxygen atoms in total. The van der Waals surface area contributed by atoms with Gasteiger partial charge in [-0.05, 0) is 55.0 Å². The van der Waals surface area contributed by atoms with Crippen LogP contribution in [-0.2, 0) is 0 Å². The monoisotopic (exact) mass is 380 g/mol. The van der Waals surface area contributed by atoms with Gasteiger partial charge in [0.15, 0.2) is 5.65 Å². The van der Waals surface area contributed by atoms with E-state index in [-0.39, 0.29) is 0 Å². The van der Waals surface area contributed by atoms with Gasteiger partial charge in [0.1, 0.15) is 5.75 Å². The molecule has 0 aliphatic rings. The van der Waals surface area contributed by atoms with Gasteiger partial charge in [0, 0.05) is 16.6 Å². The van der Waals surface area contributed by atoms with Gasteiger partial charge in [-0.1, -0.05) is 30.3 Å². The quantitative estimate of drug-likeness (QED) is 0.440. The second kappa shape index (κ2) is 6.63.